The summed E-state index contributed by atoms with van der Waals surface area (Å²) in [5.74, 6) is -0.0836. The zero-order valence-electron chi connectivity index (χ0n) is 12.9. The summed E-state index contributed by atoms with van der Waals surface area (Å²) in [5, 5.41) is 12.2. The molecular formula is C17H12FN7. The van der Waals surface area contributed by atoms with Gasteiger partial charge in [0, 0.05) is 35.9 Å². The van der Waals surface area contributed by atoms with Gasteiger partial charge in [0.2, 0.25) is 5.82 Å². The lowest BCUT2D eigenvalue weighted by molar-refractivity contribution is 0.621. The van der Waals surface area contributed by atoms with Crippen molar-refractivity contribution in [1.82, 2.24) is 30.2 Å². The average molecular weight is 333 g/mol. The highest BCUT2D eigenvalue weighted by Crippen LogP contribution is 2.27. The Morgan fingerprint density at radius 1 is 1.04 bits per heavy atom. The highest BCUT2D eigenvalue weighted by Gasteiger charge is 2.12. The molecular weight excluding hydrogens is 321 g/mol. The molecule has 0 unspecified atom stereocenters. The predicted molar refractivity (Wildman–Crippen MR) is 90.0 cm³/mol. The Labute approximate surface area is 142 Å². The number of tetrazole rings is 1. The van der Waals surface area contributed by atoms with Crippen molar-refractivity contribution in [3.63, 3.8) is 0 Å². The fourth-order valence-electron chi connectivity index (χ4n) is 2.41. The van der Waals surface area contributed by atoms with Crippen molar-refractivity contribution in [2.45, 2.75) is 0 Å². The van der Waals surface area contributed by atoms with Crippen LogP contribution in [-0.2, 0) is 0 Å². The van der Waals surface area contributed by atoms with E-state index in [9.17, 15) is 4.39 Å². The van der Waals surface area contributed by atoms with Crippen molar-refractivity contribution in [3.05, 3.63) is 66.9 Å². The molecule has 3 heterocycles. The number of nitrogen functional groups attached to an aromatic ring is 1. The van der Waals surface area contributed by atoms with Crippen molar-refractivity contribution in [2.75, 3.05) is 5.73 Å². The van der Waals surface area contributed by atoms with E-state index in [2.05, 4.69) is 25.4 Å². The summed E-state index contributed by atoms with van der Waals surface area (Å²) in [6, 6.07) is 11.5. The lowest BCUT2D eigenvalue weighted by Gasteiger charge is -2.07. The maximum Gasteiger partial charge on any atom is 0.223 e. The number of hydrogen-bond donors (Lipinski definition) is 1. The molecule has 0 fully saturated rings. The first-order chi connectivity index (χ1) is 12.2. The molecule has 0 saturated carbocycles. The van der Waals surface area contributed by atoms with E-state index in [4.69, 9.17) is 5.73 Å². The molecule has 0 aliphatic rings. The highest BCUT2D eigenvalue weighted by atomic mass is 19.1. The van der Waals surface area contributed by atoms with Crippen LogP contribution in [0.3, 0.4) is 0 Å². The standard InChI is InChI=1S/C17H12FN7/c18-12-7-11(14-10-20-6-4-15(14)19)8-13(9-12)25-23-17(22-24-25)16-3-1-2-5-21-16/h1-10H,(H2,19,20). The number of benzene rings is 1. The van der Waals surface area contributed by atoms with Crippen molar-refractivity contribution in [3.8, 4) is 28.3 Å². The van der Waals surface area contributed by atoms with Gasteiger partial charge in [-0.2, -0.15) is 0 Å². The molecule has 2 N–H and O–H groups in total. The van der Waals surface area contributed by atoms with Gasteiger partial charge >= 0.3 is 0 Å². The number of aromatic nitrogens is 6. The molecule has 0 bridgehead atoms. The Kier molecular flexibility index (Phi) is 3.62. The number of rotatable bonds is 3. The van der Waals surface area contributed by atoms with Crippen LogP contribution in [0.1, 0.15) is 0 Å². The SMILES string of the molecule is Nc1ccncc1-c1cc(F)cc(-n2nnc(-c3ccccn3)n2)c1. The predicted octanol–water partition coefficient (Wildman–Crippen LogP) is 2.51. The van der Waals surface area contributed by atoms with Crippen LogP contribution in [-0.4, -0.2) is 30.2 Å². The molecule has 0 amide bonds. The van der Waals surface area contributed by atoms with E-state index in [0.29, 0.717) is 34.0 Å². The molecule has 0 spiro atoms. The number of nitrogens with zero attached hydrogens (tertiary/aromatic N) is 6. The monoisotopic (exact) mass is 333 g/mol. The lowest BCUT2D eigenvalue weighted by atomic mass is 10.1. The quantitative estimate of drug-likeness (QED) is 0.619. The summed E-state index contributed by atoms with van der Waals surface area (Å²) >= 11 is 0. The van der Waals surface area contributed by atoms with Crippen LogP contribution in [0, 0.1) is 5.82 Å². The summed E-state index contributed by atoms with van der Waals surface area (Å²) in [4.78, 5) is 9.46. The molecule has 7 nitrogen and oxygen atoms in total. The molecule has 0 radical (unpaired) electrons. The van der Waals surface area contributed by atoms with E-state index in [1.807, 2.05) is 6.07 Å². The Morgan fingerprint density at radius 2 is 1.96 bits per heavy atom. The Bertz CT molecular complexity index is 1030. The van der Waals surface area contributed by atoms with E-state index >= 15 is 0 Å². The van der Waals surface area contributed by atoms with Gasteiger partial charge in [0.25, 0.3) is 0 Å². The van der Waals surface area contributed by atoms with Crippen LogP contribution in [0.15, 0.2) is 61.1 Å². The molecule has 122 valence electrons. The number of halogens is 1. The number of hydrogen-bond acceptors (Lipinski definition) is 6. The van der Waals surface area contributed by atoms with Crippen LogP contribution < -0.4 is 5.73 Å². The molecule has 1 aromatic carbocycles. The average Bonchev–Trinajstić information content (AvgIpc) is 3.12. The Balaban J connectivity index is 1.77. The summed E-state index contributed by atoms with van der Waals surface area (Å²) in [6.45, 7) is 0. The number of nitrogens with two attached hydrogens (primary N) is 1. The molecule has 4 aromatic rings. The second kappa shape index (κ2) is 6.08. The third kappa shape index (κ3) is 2.92. The normalized spacial score (nSPS) is 10.8. The molecule has 8 heteroatoms. The smallest absolute Gasteiger partial charge is 0.223 e. The van der Waals surface area contributed by atoms with Gasteiger partial charge in [-0.05, 0) is 41.1 Å². The molecule has 4 rings (SSSR count). The van der Waals surface area contributed by atoms with Gasteiger partial charge < -0.3 is 5.73 Å². The van der Waals surface area contributed by atoms with Gasteiger partial charge in [0.15, 0.2) is 0 Å². The highest BCUT2D eigenvalue weighted by molar-refractivity contribution is 5.76. The zero-order chi connectivity index (χ0) is 17.2. The Morgan fingerprint density at radius 3 is 2.76 bits per heavy atom. The maximum atomic E-state index is 14.1. The van der Waals surface area contributed by atoms with Gasteiger partial charge in [-0.25, -0.2) is 4.39 Å². The molecule has 25 heavy (non-hydrogen) atoms. The lowest BCUT2D eigenvalue weighted by Crippen LogP contribution is -2.01. The third-order valence-electron chi connectivity index (χ3n) is 3.59. The summed E-state index contributed by atoms with van der Waals surface area (Å²) in [7, 11) is 0. The minimum Gasteiger partial charge on any atom is -0.398 e. The summed E-state index contributed by atoms with van der Waals surface area (Å²) < 4.78 is 14.1. The van der Waals surface area contributed by atoms with Crippen LogP contribution in [0.4, 0.5) is 10.1 Å². The minimum absolute atomic E-state index is 0.354. The molecule has 0 saturated heterocycles. The second-order valence-corrected chi connectivity index (χ2v) is 5.28. The van der Waals surface area contributed by atoms with E-state index < -0.39 is 5.82 Å². The van der Waals surface area contributed by atoms with Gasteiger partial charge in [0.1, 0.15) is 11.5 Å². The fraction of sp³-hybridized carbons (Fsp3) is 0. The third-order valence-corrected chi connectivity index (χ3v) is 3.59. The molecule has 0 atom stereocenters. The Hall–Kier alpha value is -3.68. The maximum absolute atomic E-state index is 14.1. The first-order valence-electron chi connectivity index (χ1n) is 7.43. The van der Waals surface area contributed by atoms with Crippen LogP contribution in [0.5, 0.6) is 0 Å². The van der Waals surface area contributed by atoms with Crippen molar-refractivity contribution in [1.29, 1.82) is 0 Å². The van der Waals surface area contributed by atoms with E-state index in [1.54, 1.807) is 42.9 Å². The summed E-state index contributed by atoms with van der Waals surface area (Å²) in [6.07, 6.45) is 4.81. The first-order valence-corrected chi connectivity index (χ1v) is 7.43. The second-order valence-electron chi connectivity index (χ2n) is 5.28. The molecule has 0 aliphatic heterocycles. The largest absolute Gasteiger partial charge is 0.398 e. The van der Waals surface area contributed by atoms with Gasteiger partial charge in [-0.1, -0.05) is 6.07 Å². The van der Waals surface area contributed by atoms with Crippen molar-refractivity contribution >= 4 is 5.69 Å². The van der Waals surface area contributed by atoms with Crippen LogP contribution in [0.2, 0.25) is 0 Å². The van der Waals surface area contributed by atoms with E-state index in [-0.39, 0.29) is 0 Å². The number of pyridine rings is 2. The van der Waals surface area contributed by atoms with E-state index in [0.717, 1.165) is 0 Å². The first kappa shape index (κ1) is 14.9. The topological polar surface area (TPSA) is 95.4 Å². The fourth-order valence-corrected chi connectivity index (χ4v) is 2.41. The van der Waals surface area contributed by atoms with Crippen molar-refractivity contribution in [2.24, 2.45) is 0 Å². The van der Waals surface area contributed by atoms with Crippen LogP contribution in [0.25, 0.3) is 28.3 Å². The van der Waals surface area contributed by atoms with Crippen molar-refractivity contribution < 1.29 is 4.39 Å². The molecule has 0 aliphatic carbocycles. The molecule has 3 aromatic heterocycles. The summed E-state index contributed by atoms with van der Waals surface area (Å²) in [5.41, 5.74) is 8.68. The van der Waals surface area contributed by atoms with Gasteiger partial charge in [-0.15, -0.1) is 15.0 Å². The van der Waals surface area contributed by atoms with Gasteiger partial charge in [0.05, 0.1) is 5.69 Å². The van der Waals surface area contributed by atoms with E-state index in [1.165, 1.54) is 16.9 Å². The zero-order valence-corrected chi connectivity index (χ0v) is 12.9. The van der Waals surface area contributed by atoms with Crippen LogP contribution >= 0.6 is 0 Å². The van der Waals surface area contributed by atoms with Gasteiger partial charge in [-0.3, -0.25) is 9.97 Å². The number of anilines is 1. The minimum atomic E-state index is -0.438.